The van der Waals surface area contributed by atoms with Gasteiger partial charge in [-0.25, -0.2) is 0 Å². The van der Waals surface area contributed by atoms with Crippen LogP contribution < -0.4 is 5.32 Å². The number of aliphatic hydroxyl groups excluding tert-OH is 1. The van der Waals surface area contributed by atoms with E-state index in [0.717, 1.165) is 0 Å². The van der Waals surface area contributed by atoms with Crippen molar-refractivity contribution in [3.63, 3.8) is 0 Å². The van der Waals surface area contributed by atoms with Crippen molar-refractivity contribution in [2.75, 3.05) is 6.61 Å². The van der Waals surface area contributed by atoms with Crippen LogP contribution in [0.5, 0.6) is 0 Å². The van der Waals surface area contributed by atoms with Gasteiger partial charge in [0.2, 0.25) is 0 Å². The van der Waals surface area contributed by atoms with E-state index in [-0.39, 0.29) is 12.1 Å². The Morgan fingerprint density at radius 2 is 1.82 bits per heavy atom. The third-order valence-corrected chi connectivity index (χ3v) is 1.33. The first-order chi connectivity index (χ1) is 4.83. The fraction of sp³-hybridized carbons (Fsp3) is 0.875. The summed E-state index contributed by atoms with van der Waals surface area (Å²) in [7, 11) is 0. The van der Waals surface area contributed by atoms with Crippen LogP contribution >= 0.6 is 0 Å². The maximum absolute atomic E-state index is 8.88. The molecule has 0 aromatic carbocycles. The molecular formula is C8H16N2O. The predicted octanol–water partition coefficient (Wildman–Crippen LogP) is 0.649. The Bertz CT molecular complexity index is 167. The van der Waals surface area contributed by atoms with E-state index in [4.69, 9.17) is 10.4 Å². The van der Waals surface area contributed by atoms with Gasteiger partial charge in [0.15, 0.2) is 0 Å². The summed E-state index contributed by atoms with van der Waals surface area (Å²) in [5.74, 6) is 0. The predicted molar refractivity (Wildman–Crippen MR) is 44.0 cm³/mol. The van der Waals surface area contributed by atoms with Gasteiger partial charge in [-0.05, 0) is 27.7 Å². The number of aliphatic hydroxyl groups is 1. The third-order valence-electron chi connectivity index (χ3n) is 1.33. The molecule has 0 aliphatic heterocycles. The average Bonchev–Trinajstić information content (AvgIpc) is 1.86. The van der Waals surface area contributed by atoms with Crippen LogP contribution in [-0.2, 0) is 0 Å². The van der Waals surface area contributed by atoms with Crippen molar-refractivity contribution in [2.45, 2.75) is 38.8 Å². The minimum atomic E-state index is -0.577. The highest BCUT2D eigenvalue weighted by Gasteiger charge is 2.26. The highest BCUT2D eigenvalue weighted by Crippen LogP contribution is 2.08. The fourth-order valence-corrected chi connectivity index (χ4v) is 0.913. The molecule has 0 amide bonds. The number of nitriles is 1. The molecule has 0 atom stereocenters. The summed E-state index contributed by atoms with van der Waals surface area (Å²) in [5, 5.41) is 20.6. The van der Waals surface area contributed by atoms with Crippen molar-refractivity contribution in [3.05, 3.63) is 0 Å². The van der Waals surface area contributed by atoms with E-state index in [0.29, 0.717) is 0 Å². The van der Waals surface area contributed by atoms with Gasteiger partial charge in [0, 0.05) is 5.54 Å². The molecule has 0 aliphatic rings. The van der Waals surface area contributed by atoms with Crippen molar-refractivity contribution >= 4 is 0 Å². The molecule has 64 valence electrons. The molecule has 3 nitrogen and oxygen atoms in total. The number of hydrogen-bond donors (Lipinski definition) is 2. The zero-order chi connectivity index (χ0) is 9.12. The van der Waals surface area contributed by atoms with Crippen LogP contribution in [0, 0.1) is 11.3 Å². The van der Waals surface area contributed by atoms with Gasteiger partial charge in [-0.1, -0.05) is 0 Å². The molecule has 0 rings (SSSR count). The second kappa shape index (κ2) is 3.21. The van der Waals surface area contributed by atoms with Crippen LogP contribution in [0.3, 0.4) is 0 Å². The number of nitrogens with zero attached hydrogens (tertiary/aromatic N) is 1. The Hall–Kier alpha value is -0.590. The molecule has 11 heavy (non-hydrogen) atoms. The Balaban J connectivity index is 4.16. The minimum absolute atomic E-state index is 0.0259. The fourth-order valence-electron chi connectivity index (χ4n) is 0.913. The van der Waals surface area contributed by atoms with Crippen LogP contribution in [0.1, 0.15) is 27.7 Å². The lowest BCUT2D eigenvalue weighted by Crippen LogP contribution is -2.53. The molecule has 0 radical (unpaired) electrons. The quantitative estimate of drug-likeness (QED) is 0.630. The molecule has 0 saturated carbocycles. The second-order valence-electron chi connectivity index (χ2n) is 3.90. The molecule has 0 aromatic heterocycles. The molecule has 0 saturated heterocycles. The van der Waals surface area contributed by atoms with Crippen LogP contribution in [0.4, 0.5) is 0 Å². The van der Waals surface area contributed by atoms with Gasteiger partial charge < -0.3 is 5.11 Å². The van der Waals surface area contributed by atoms with Gasteiger partial charge in [0.1, 0.15) is 5.54 Å². The molecule has 0 aromatic rings. The summed E-state index contributed by atoms with van der Waals surface area (Å²) in [4.78, 5) is 0. The lowest BCUT2D eigenvalue weighted by molar-refractivity contribution is 0.168. The molecule has 0 spiro atoms. The summed E-state index contributed by atoms with van der Waals surface area (Å²) < 4.78 is 0. The van der Waals surface area contributed by atoms with Crippen molar-refractivity contribution in [1.82, 2.24) is 5.32 Å². The third kappa shape index (κ3) is 3.97. The highest BCUT2D eigenvalue weighted by atomic mass is 16.3. The van der Waals surface area contributed by atoms with Gasteiger partial charge in [-0.15, -0.1) is 0 Å². The molecule has 0 heterocycles. The van der Waals surface area contributed by atoms with E-state index in [9.17, 15) is 0 Å². The Morgan fingerprint density at radius 3 is 2.09 bits per heavy atom. The second-order valence-corrected chi connectivity index (χ2v) is 3.90. The van der Waals surface area contributed by atoms with Crippen molar-refractivity contribution in [2.24, 2.45) is 0 Å². The van der Waals surface area contributed by atoms with Gasteiger partial charge in [-0.2, -0.15) is 5.26 Å². The topological polar surface area (TPSA) is 56.0 Å². The van der Waals surface area contributed by atoms with E-state index in [1.54, 1.807) is 13.8 Å². The van der Waals surface area contributed by atoms with Crippen LogP contribution in [0.2, 0.25) is 0 Å². The maximum Gasteiger partial charge on any atom is 0.101 e. The largest absolute Gasteiger partial charge is 0.394 e. The first-order valence-electron chi connectivity index (χ1n) is 3.64. The maximum atomic E-state index is 8.88. The standard InChI is InChI=1S/C8H16N2O/c1-7(2,5-9)10-8(3,4)6-11/h10-11H,6H2,1-4H3. The average molecular weight is 156 g/mol. The van der Waals surface area contributed by atoms with Gasteiger partial charge in [0.05, 0.1) is 12.7 Å². The molecule has 0 unspecified atom stereocenters. The van der Waals surface area contributed by atoms with Gasteiger partial charge >= 0.3 is 0 Å². The smallest absolute Gasteiger partial charge is 0.101 e. The van der Waals surface area contributed by atoms with Crippen LogP contribution in [0.25, 0.3) is 0 Å². The number of nitrogens with one attached hydrogen (secondary N) is 1. The normalized spacial score (nSPS) is 12.7. The van der Waals surface area contributed by atoms with E-state index in [1.165, 1.54) is 0 Å². The minimum Gasteiger partial charge on any atom is -0.394 e. The zero-order valence-corrected chi connectivity index (χ0v) is 7.60. The van der Waals surface area contributed by atoms with Crippen molar-refractivity contribution in [1.29, 1.82) is 5.26 Å². The molecular weight excluding hydrogens is 140 g/mol. The van der Waals surface area contributed by atoms with E-state index >= 15 is 0 Å². The molecule has 0 bridgehead atoms. The van der Waals surface area contributed by atoms with E-state index in [2.05, 4.69) is 11.4 Å². The van der Waals surface area contributed by atoms with Crippen LogP contribution in [0.15, 0.2) is 0 Å². The number of hydrogen-bond acceptors (Lipinski definition) is 3. The SMILES string of the molecule is CC(C)(C#N)NC(C)(C)CO. The molecule has 2 N–H and O–H groups in total. The summed E-state index contributed by atoms with van der Waals surface area (Å²) in [6.07, 6.45) is 0. The summed E-state index contributed by atoms with van der Waals surface area (Å²) in [5.41, 5.74) is -0.967. The first-order valence-corrected chi connectivity index (χ1v) is 3.64. The highest BCUT2D eigenvalue weighted by molar-refractivity contribution is 5.03. The van der Waals surface area contributed by atoms with Gasteiger partial charge in [0.25, 0.3) is 0 Å². The lowest BCUT2D eigenvalue weighted by atomic mass is 9.99. The molecule has 0 fully saturated rings. The van der Waals surface area contributed by atoms with Gasteiger partial charge in [-0.3, -0.25) is 5.32 Å². The summed E-state index contributed by atoms with van der Waals surface area (Å²) in [6, 6.07) is 2.11. The van der Waals surface area contributed by atoms with Crippen LogP contribution in [-0.4, -0.2) is 22.8 Å². The molecule has 0 aliphatic carbocycles. The summed E-state index contributed by atoms with van der Waals surface area (Å²) >= 11 is 0. The zero-order valence-electron chi connectivity index (χ0n) is 7.60. The Morgan fingerprint density at radius 1 is 1.36 bits per heavy atom. The molecule has 3 heteroatoms. The van der Waals surface area contributed by atoms with E-state index in [1.807, 2.05) is 13.8 Å². The first kappa shape index (κ1) is 10.4. The summed E-state index contributed by atoms with van der Waals surface area (Å²) in [6.45, 7) is 7.30. The van der Waals surface area contributed by atoms with Crippen molar-refractivity contribution in [3.8, 4) is 6.07 Å². The van der Waals surface area contributed by atoms with Crippen molar-refractivity contribution < 1.29 is 5.11 Å². The number of rotatable bonds is 3. The Labute approximate surface area is 68.0 Å². The van der Waals surface area contributed by atoms with E-state index < -0.39 is 5.54 Å². The monoisotopic (exact) mass is 156 g/mol. The lowest BCUT2D eigenvalue weighted by Gasteiger charge is -2.31. The Kier molecular flexibility index (Phi) is 3.03.